The van der Waals surface area contributed by atoms with E-state index in [0.29, 0.717) is 17.5 Å². The molecule has 0 aliphatic heterocycles. The number of hydrogen-bond donors (Lipinski definition) is 0. The van der Waals surface area contributed by atoms with E-state index in [1.54, 1.807) is 0 Å². The normalized spacial score (nSPS) is 12.1. The third kappa shape index (κ3) is 5.09. The molecule has 0 saturated carbocycles. The Bertz CT molecular complexity index is 4260. The third-order valence-corrected chi connectivity index (χ3v) is 13.2. The van der Waals surface area contributed by atoms with Gasteiger partial charge in [0.2, 0.25) is 0 Å². The van der Waals surface area contributed by atoms with Crippen LogP contribution in [0.4, 0.5) is 0 Å². The predicted octanol–water partition coefficient (Wildman–Crippen LogP) is 15.6. The second-order valence-electron chi connectivity index (χ2n) is 16.7. The molecule has 0 radical (unpaired) electrons. The first-order chi connectivity index (χ1) is 31.7. The van der Waals surface area contributed by atoms with Gasteiger partial charge in [-0.3, -0.25) is 0 Å². The molecule has 11 aromatic carbocycles. The molecule has 5 heteroatoms. The first-order valence-corrected chi connectivity index (χ1v) is 21.7. The summed E-state index contributed by atoms with van der Waals surface area (Å²) in [4.78, 5) is 16.3. The molecule has 0 aliphatic carbocycles. The van der Waals surface area contributed by atoms with E-state index in [1.807, 2.05) is 24.3 Å². The van der Waals surface area contributed by atoms with Gasteiger partial charge in [0.05, 0.1) is 27.7 Å². The van der Waals surface area contributed by atoms with E-state index in [1.165, 1.54) is 43.1 Å². The largest absolute Gasteiger partial charge is 0.455 e. The molecule has 296 valence electrons. The number of rotatable bonds is 4. The summed E-state index contributed by atoms with van der Waals surface area (Å²) in [7, 11) is 0. The molecule has 0 saturated heterocycles. The Morgan fingerprint density at radius 2 is 0.906 bits per heavy atom. The molecule has 0 atom stereocenters. The fourth-order valence-electron chi connectivity index (χ4n) is 10.3. The first-order valence-electron chi connectivity index (χ1n) is 21.7. The van der Waals surface area contributed by atoms with E-state index < -0.39 is 0 Å². The van der Waals surface area contributed by atoms with Crippen LogP contribution < -0.4 is 0 Å². The van der Waals surface area contributed by atoms with E-state index in [-0.39, 0.29) is 0 Å². The van der Waals surface area contributed by atoms with Crippen molar-refractivity contribution in [3.8, 4) is 39.9 Å². The topological polar surface area (TPSA) is 56.7 Å². The lowest BCUT2D eigenvalue weighted by Crippen LogP contribution is -2.05. The average molecular weight is 815 g/mol. The maximum atomic E-state index is 6.95. The summed E-state index contributed by atoms with van der Waals surface area (Å²) in [6, 6.07) is 73.3. The van der Waals surface area contributed by atoms with Crippen LogP contribution in [0.15, 0.2) is 211 Å². The van der Waals surface area contributed by atoms with Gasteiger partial charge in [-0.05, 0) is 78.8 Å². The molecule has 0 spiro atoms. The zero-order valence-electron chi connectivity index (χ0n) is 34.3. The van der Waals surface area contributed by atoms with Crippen molar-refractivity contribution in [2.75, 3.05) is 0 Å². The van der Waals surface area contributed by atoms with Crippen LogP contribution in [-0.4, -0.2) is 19.5 Å². The zero-order chi connectivity index (χ0) is 41.9. The van der Waals surface area contributed by atoms with Crippen molar-refractivity contribution in [1.82, 2.24) is 19.5 Å². The van der Waals surface area contributed by atoms with Crippen molar-refractivity contribution in [2.24, 2.45) is 0 Å². The van der Waals surface area contributed by atoms with Gasteiger partial charge in [0.1, 0.15) is 11.2 Å². The summed E-state index contributed by atoms with van der Waals surface area (Å²) < 4.78 is 9.41. The van der Waals surface area contributed by atoms with Crippen molar-refractivity contribution in [1.29, 1.82) is 0 Å². The molecule has 0 aliphatic rings. The van der Waals surface area contributed by atoms with Crippen molar-refractivity contribution in [3.63, 3.8) is 0 Å². The van der Waals surface area contributed by atoms with Gasteiger partial charge in [-0.2, -0.15) is 0 Å². The second-order valence-corrected chi connectivity index (χ2v) is 16.7. The molecule has 5 nitrogen and oxygen atoms in total. The first kappa shape index (κ1) is 35.0. The van der Waals surface area contributed by atoms with Crippen LogP contribution in [0.5, 0.6) is 0 Å². The summed E-state index contributed by atoms with van der Waals surface area (Å²) in [6.07, 6.45) is 0. The molecule has 64 heavy (non-hydrogen) atoms. The molecular formula is C59H34N4O. The van der Waals surface area contributed by atoms with E-state index in [4.69, 9.17) is 19.4 Å². The number of benzene rings is 11. The SMILES string of the molecule is c1ccc(-c2nc(-c3ccc4c(ccc5ccccc54)c3)nc(-c3c(-n4c5cc6ccccc6cc5c5c6ccccc6ccc54)c4c5ccccc5oc4c4ccccc34)n2)cc1. The highest BCUT2D eigenvalue weighted by molar-refractivity contribution is 6.28. The van der Waals surface area contributed by atoms with Crippen LogP contribution in [0.3, 0.4) is 0 Å². The molecule has 0 bridgehead atoms. The lowest BCUT2D eigenvalue weighted by molar-refractivity contribution is 0.672. The minimum Gasteiger partial charge on any atom is -0.455 e. The van der Waals surface area contributed by atoms with Gasteiger partial charge < -0.3 is 8.98 Å². The minimum absolute atomic E-state index is 0.581. The van der Waals surface area contributed by atoms with Crippen LogP contribution in [0.1, 0.15) is 0 Å². The quantitative estimate of drug-likeness (QED) is 0.166. The van der Waals surface area contributed by atoms with Gasteiger partial charge in [0.25, 0.3) is 0 Å². The Hall–Kier alpha value is -8.67. The van der Waals surface area contributed by atoms with Crippen molar-refractivity contribution < 1.29 is 4.42 Å². The van der Waals surface area contributed by atoms with Crippen molar-refractivity contribution >= 4 is 97.6 Å². The Morgan fingerprint density at radius 3 is 1.72 bits per heavy atom. The third-order valence-electron chi connectivity index (χ3n) is 13.2. The van der Waals surface area contributed by atoms with Crippen LogP contribution in [-0.2, 0) is 0 Å². The van der Waals surface area contributed by atoms with Gasteiger partial charge >= 0.3 is 0 Å². The minimum atomic E-state index is 0.581. The zero-order valence-corrected chi connectivity index (χ0v) is 34.3. The van der Waals surface area contributed by atoms with Crippen molar-refractivity contribution in [2.45, 2.75) is 0 Å². The number of nitrogens with zero attached hydrogens (tertiary/aromatic N) is 4. The van der Waals surface area contributed by atoms with Crippen LogP contribution in [0.25, 0.3) is 137 Å². The van der Waals surface area contributed by atoms with E-state index in [2.05, 4.69) is 187 Å². The summed E-state index contributed by atoms with van der Waals surface area (Å²) in [5.41, 5.74) is 7.52. The van der Waals surface area contributed by atoms with E-state index in [0.717, 1.165) is 76.9 Å². The number of aromatic nitrogens is 4. The Morgan fingerprint density at radius 1 is 0.328 bits per heavy atom. The highest BCUT2D eigenvalue weighted by atomic mass is 16.3. The Kier molecular flexibility index (Phi) is 7.33. The lowest BCUT2D eigenvalue weighted by Gasteiger charge is -2.19. The number of para-hydroxylation sites is 1. The van der Waals surface area contributed by atoms with Gasteiger partial charge in [-0.1, -0.05) is 176 Å². The number of fused-ring (bicyclic) bond motifs is 14. The Labute approximate surface area is 366 Å². The smallest absolute Gasteiger partial charge is 0.166 e. The molecule has 14 aromatic rings. The fraction of sp³-hybridized carbons (Fsp3) is 0. The molecular weight excluding hydrogens is 781 g/mol. The van der Waals surface area contributed by atoms with Gasteiger partial charge in [-0.15, -0.1) is 0 Å². The lowest BCUT2D eigenvalue weighted by atomic mass is 9.96. The van der Waals surface area contributed by atoms with Crippen molar-refractivity contribution in [3.05, 3.63) is 206 Å². The van der Waals surface area contributed by atoms with Gasteiger partial charge in [0.15, 0.2) is 17.5 Å². The standard InChI is InChI=1S/C59H34N4O/c1-2-16-37(17-3-1)57-60-58(41-28-30-43-40(32-41)27-26-35-14-6-8-20-42(35)43)62-59(61-57)54-45-22-10-11-23-46(45)56-53(47-24-12-13-25-51(47)64-56)55(54)63-49-31-29-36-15-7-9-21-44(36)52(49)48-33-38-18-4-5-19-39(38)34-50(48)63/h1-34H. The van der Waals surface area contributed by atoms with Crippen LogP contribution >= 0.6 is 0 Å². The monoisotopic (exact) mass is 814 g/mol. The average Bonchev–Trinajstić information content (AvgIpc) is 3.91. The second kappa shape index (κ2) is 13.4. The molecule has 3 aromatic heterocycles. The highest BCUT2D eigenvalue weighted by Crippen LogP contribution is 2.49. The molecule has 0 amide bonds. The molecule has 0 N–H and O–H groups in total. The summed E-state index contributed by atoms with van der Waals surface area (Å²) in [6.45, 7) is 0. The summed E-state index contributed by atoms with van der Waals surface area (Å²) in [5.74, 6) is 1.79. The number of hydrogen-bond acceptors (Lipinski definition) is 4. The fourth-order valence-corrected chi connectivity index (χ4v) is 10.3. The molecule has 0 unspecified atom stereocenters. The highest BCUT2D eigenvalue weighted by Gasteiger charge is 2.28. The summed E-state index contributed by atoms with van der Waals surface area (Å²) >= 11 is 0. The van der Waals surface area contributed by atoms with Gasteiger partial charge in [-0.25, -0.2) is 15.0 Å². The maximum Gasteiger partial charge on any atom is 0.166 e. The van der Waals surface area contributed by atoms with Gasteiger partial charge in [0, 0.05) is 32.7 Å². The Balaban J connectivity index is 1.17. The van der Waals surface area contributed by atoms with Crippen LogP contribution in [0, 0.1) is 0 Å². The van der Waals surface area contributed by atoms with E-state index >= 15 is 0 Å². The predicted molar refractivity (Wildman–Crippen MR) is 265 cm³/mol. The molecule has 14 rings (SSSR count). The van der Waals surface area contributed by atoms with Crippen LogP contribution in [0.2, 0.25) is 0 Å². The molecule has 3 heterocycles. The maximum absolute atomic E-state index is 6.95. The van der Waals surface area contributed by atoms with E-state index in [9.17, 15) is 0 Å². The molecule has 0 fully saturated rings. The summed E-state index contributed by atoms with van der Waals surface area (Å²) in [5, 5.41) is 15.9. The number of furan rings is 1.